The van der Waals surface area contributed by atoms with Crippen LogP contribution in [0.2, 0.25) is 5.02 Å². The number of carbonyl (C=O) groups is 1. The summed E-state index contributed by atoms with van der Waals surface area (Å²) in [6.45, 7) is 2.16. The molecule has 4 aromatic rings. The van der Waals surface area contributed by atoms with Crippen molar-refractivity contribution in [2.24, 2.45) is 0 Å². The van der Waals surface area contributed by atoms with E-state index in [1.807, 2.05) is 53.6 Å². The molecule has 1 aliphatic rings. The van der Waals surface area contributed by atoms with Crippen molar-refractivity contribution in [3.8, 4) is 0 Å². The molecule has 5 rings (SSSR count). The molecule has 6 nitrogen and oxygen atoms in total. The Kier molecular flexibility index (Phi) is 6.55. The first kappa shape index (κ1) is 23.1. The molecule has 35 heavy (non-hydrogen) atoms. The molecule has 1 amide bonds. The van der Waals surface area contributed by atoms with E-state index < -0.39 is 0 Å². The Morgan fingerprint density at radius 2 is 1.69 bits per heavy atom. The number of fused-ring (bicyclic) bond motifs is 1. The maximum Gasteiger partial charge on any atom is 0.270 e. The summed E-state index contributed by atoms with van der Waals surface area (Å²) in [5, 5.41) is 13.0. The van der Waals surface area contributed by atoms with Gasteiger partial charge in [0.25, 0.3) is 5.69 Å². The van der Waals surface area contributed by atoms with E-state index in [1.54, 1.807) is 12.1 Å². The van der Waals surface area contributed by atoms with Crippen molar-refractivity contribution in [1.29, 1.82) is 0 Å². The van der Waals surface area contributed by atoms with E-state index in [9.17, 15) is 14.9 Å². The zero-order chi connectivity index (χ0) is 24.4. The monoisotopic (exact) mass is 487 g/mol. The van der Waals surface area contributed by atoms with Crippen LogP contribution in [-0.2, 0) is 11.3 Å². The fourth-order valence-electron chi connectivity index (χ4n) is 5.03. The molecule has 0 bridgehead atoms. The Labute approximate surface area is 208 Å². The van der Waals surface area contributed by atoms with Gasteiger partial charge in [-0.1, -0.05) is 60.1 Å². The van der Waals surface area contributed by atoms with E-state index in [0.29, 0.717) is 11.6 Å². The SMILES string of the molecule is O=C(CC(c1ccccc1Cl)c1cn(Cc2ccccc2)c2ccc([N+](=O)[O-])cc12)N1CCCC1. The number of nitrogens with zero attached hydrogens (tertiary/aromatic N) is 3. The van der Waals surface area contributed by atoms with Crippen molar-refractivity contribution >= 4 is 34.1 Å². The van der Waals surface area contributed by atoms with Crippen LogP contribution in [0.1, 0.15) is 41.9 Å². The van der Waals surface area contributed by atoms with E-state index in [1.165, 1.54) is 6.07 Å². The Morgan fingerprint density at radius 3 is 2.40 bits per heavy atom. The normalized spacial score (nSPS) is 14.4. The summed E-state index contributed by atoms with van der Waals surface area (Å²) < 4.78 is 2.11. The topological polar surface area (TPSA) is 68.4 Å². The second kappa shape index (κ2) is 9.92. The van der Waals surface area contributed by atoms with Crippen molar-refractivity contribution in [3.63, 3.8) is 0 Å². The number of hydrogen-bond acceptors (Lipinski definition) is 3. The van der Waals surface area contributed by atoms with Gasteiger partial charge in [-0.15, -0.1) is 0 Å². The maximum atomic E-state index is 13.3. The van der Waals surface area contributed by atoms with E-state index in [4.69, 9.17) is 11.6 Å². The summed E-state index contributed by atoms with van der Waals surface area (Å²) in [5.41, 5.74) is 3.77. The van der Waals surface area contributed by atoms with E-state index in [2.05, 4.69) is 16.7 Å². The molecule has 1 fully saturated rings. The molecule has 0 spiro atoms. The number of nitro groups is 1. The van der Waals surface area contributed by atoms with Gasteiger partial charge in [0, 0.05) is 66.2 Å². The second-order valence-electron chi connectivity index (χ2n) is 9.02. The molecule has 178 valence electrons. The molecule has 0 radical (unpaired) electrons. The highest BCUT2D eigenvalue weighted by atomic mass is 35.5. The third-order valence-corrected chi connectivity index (χ3v) is 7.14. The Bertz CT molecular complexity index is 1380. The van der Waals surface area contributed by atoms with Gasteiger partial charge in [-0.25, -0.2) is 0 Å². The zero-order valence-corrected chi connectivity index (χ0v) is 20.0. The highest BCUT2D eigenvalue weighted by Crippen LogP contribution is 2.39. The first-order valence-corrected chi connectivity index (χ1v) is 12.2. The molecule has 0 N–H and O–H groups in total. The highest BCUT2D eigenvalue weighted by molar-refractivity contribution is 6.31. The Hall–Kier alpha value is -3.64. The number of rotatable bonds is 7. The van der Waals surface area contributed by atoms with Crippen LogP contribution in [0.3, 0.4) is 0 Å². The number of aromatic nitrogens is 1. The van der Waals surface area contributed by atoms with Gasteiger partial charge in [0.2, 0.25) is 5.91 Å². The fraction of sp³-hybridized carbons (Fsp3) is 0.250. The minimum Gasteiger partial charge on any atom is -0.343 e. The van der Waals surface area contributed by atoms with Crippen molar-refractivity contribution in [2.75, 3.05) is 13.1 Å². The molecule has 1 saturated heterocycles. The van der Waals surface area contributed by atoms with Gasteiger partial charge in [-0.2, -0.15) is 0 Å². The number of hydrogen-bond donors (Lipinski definition) is 0. The van der Waals surface area contributed by atoms with Gasteiger partial charge in [0.05, 0.1) is 4.92 Å². The maximum absolute atomic E-state index is 13.3. The Balaban J connectivity index is 1.66. The fourth-order valence-corrected chi connectivity index (χ4v) is 5.30. The molecule has 0 aliphatic carbocycles. The van der Waals surface area contributed by atoms with Gasteiger partial charge >= 0.3 is 0 Å². The number of carbonyl (C=O) groups excluding carboxylic acids is 1. The average Bonchev–Trinajstić information content (AvgIpc) is 3.52. The predicted molar refractivity (Wildman–Crippen MR) is 138 cm³/mol. The summed E-state index contributed by atoms with van der Waals surface area (Å²) in [4.78, 5) is 26.4. The van der Waals surface area contributed by atoms with Crippen molar-refractivity contribution in [2.45, 2.75) is 31.7 Å². The molecule has 1 aromatic heterocycles. The number of non-ortho nitro benzene ring substituents is 1. The van der Waals surface area contributed by atoms with Crippen LogP contribution in [0.15, 0.2) is 79.0 Å². The van der Waals surface area contributed by atoms with Gasteiger partial charge in [0.15, 0.2) is 0 Å². The summed E-state index contributed by atoms with van der Waals surface area (Å²) in [6.07, 6.45) is 4.33. The van der Waals surface area contributed by atoms with Crippen LogP contribution in [0.25, 0.3) is 10.9 Å². The molecule has 7 heteroatoms. The lowest BCUT2D eigenvalue weighted by atomic mass is 9.87. The van der Waals surface area contributed by atoms with Crippen LogP contribution in [0, 0.1) is 10.1 Å². The summed E-state index contributed by atoms with van der Waals surface area (Å²) in [6, 6.07) is 22.6. The van der Waals surface area contributed by atoms with Crippen LogP contribution in [0.5, 0.6) is 0 Å². The zero-order valence-electron chi connectivity index (χ0n) is 19.3. The molecule has 3 aromatic carbocycles. The Morgan fingerprint density at radius 1 is 0.971 bits per heavy atom. The van der Waals surface area contributed by atoms with Crippen molar-refractivity contribution < 1.29 is 9.72 Å². The average molecular weight is 488 g/mol. The van der Waals surface area contributed by atoms with Gasteiger partial charge in [0.1, 0.15) is 0 Å². The quantitative estimate of drug-likeness (QED) is 0.224. The standard InChI is InChI=1S/C28H26ClN3O3/c29-26-11-5-4-10-22(26)23(17-28(33)30-14-6-7-15-30)25-19-31(18-20-8-2-1-3-9-20)27-13-12-21(32(34)35)16-24(25)27/h1-5,8-13,16,19,23H,6-7,14-15,17-18H2. The first-order valence-electron chi connectivity index (χ1n) is 11.8. The van der Waals surface area contributed by atoms with Crippen molar-refractivity contribution in [3.05, 3.63) is 111 Å². The predicted octanol–water partition coefficient (Wildman–Crippen LogP) is 6.40. The van der Waals surface area contributed by atoms with Gasteiger partial charge in [-0.05, 0) is 41.7 Å². The van der Waals surface area contributed by atoms with E-state index >= 15 is 0 Å². The molecule has 1 unspecified atom stereocenters. The summed E-state index contributed by atoms with van der Waals surface area (Å²) in [7, 11) is 0. The van der Waals surface area contributed by atoms with Crippen LogP contribution in [-0.4, -0.2) is 33.4 Å². The first-order chi connectivity index (χ1) is 17.0. The highest BCUT2D eigenvalue weighted by Gasteiger charge is 2.28. The molecule has 1 atom stereocenters. The number of nitro benzene ring substituents is 1. The minimum atomic E-state index is -0.377. The number of amides is 1. The van der Waals surface area contributed by atoms with E-state index in [0.717, 1.165) is 53.5 Å². The number of likely N-dealkylation sites (tertiary alicyclic amines) is 1. The van der Waals surface area contributed by atoms with Crippen LogP contribution >= 0.6 is 11.6 Å². The molecular formula is C28H26ClN3O3. The van der Waals surface area contributed by atoms with Gasteiger partial charge < -0.3 is 9.47 Å². The van der Waals surface area contributed by atoms with Crippen molar-refractivity contribution in [1.82, 2.24) is 9.47 Å². The molecule has 2 heterocycles. The second-order valence-corrected chi connectivity index (χ2v) is 9.43. The lowest BCUT2D eigenvalue weighted by Gasteiger charge is -2.22. The summed E-state index contributed by atoms with van der Waals surface area (Å²) in [5.74, 6) is -0.236. The lowest BCUT2D eigenvalue weighted by Crippen LogP contribution is -2.29. The molecule has 1 aliphatic heterocycles. The molecule has 0 saturated carbocycles. The third kappa shape index (κ3) is 4.80. The van der Waals surface area contributed by atoms with E-state index in [-0.39, 0.29) is 28.9 Å². The summed E-state index contributed by atoms with van der Waals surface area (Å²) >= 11 is 6.64. The minimum absolute atomic E-state index is 0.0278. The van der Waals surface area contributed by atoms with Crippen LogP contribution < -0.4 is 0 Å². The van der Waals surface area contributed by atoms with Crippen LogP contribution in [0.4, 0.5) is 5.69 Å². The van der Waals surface area contributed by atoms with Gasteiger partial charge in [-0.3, -0.25) is 14.9 Å². The largest absolute Gasteiger partial charge is 0.343 e. The molecular weight excluding hydrogens is 462 g/mol. The smallest absolute Gasteiger partial charge is 0.270 e. The lowest BCUT2D eigenvalue weighted by molar-refractivity contribution is -0.384. The number of halogens is 1. The third-order valence-electron chi connectivity index (χ3n) is 6.80. The number of benzene rings is 3.